The van der Waals surface area contributed by atoms with Crippen molar-refractivity contribution in [1.29, 1.82) is 0 Å². The number of nitrogens with zero attached hydrogens (tertiary/aromatic N) is 1. The molecule has 3 heteroatoms. The second-order valence-electron chi connectivity index (χ2n) is 4.23. The molecule has 3 nitrogen and oxygen atoms in total. The average Bonchev–Trinajstić information content (AvgIpc) is 3.02. The monoisotopic (exact) mass is 207 g/mol. The lowest BCUT2D eigenvalue weighted by Gasteiger charge is -2.15. The van der Waals surface area contributed by atoms with E-state index in [9.17, 15) is 4.79 Å². The molecule has 0 bridgehead atoms. The van der Waals surface area contributed by atoms with Crippen LogP contribution in [0.5, 0.6) is 0 Å². The molecule has 0 heterocycles. The molecule has 82 valence electrons. The van der Waals surface area contributed by atoms with Gasteiger partial charge in [-0.15, -0.1) is 0 Å². The second-order valence-corrected chi connectivity index (χ2v) is 4.23. The summed E-state index contributed by atoms with van der Waals surface area (Å²) in [6.07, 6.45) is 7.54. The first-order valence-corrected chi connectivity index (χ1v) is 5.47. The van der Waals surface area contributed by atoms with Gasteiger partial charge in [0, 0.05) is 13.6 Å². The largest absolute Gasteiger partial charge is 0.445 e. The predicted octanol–water partition coefficient (Wildman–Crippen LogP) is 2.21. The standard InChI is InChI=1S/C12H17NO2/c1-3-13(2)12(14)15-8-9-4-5-10-7-11(10)6-9/h4-6,10-11H,3,7-8H2,1-2H3. The van der Waals surface area contributed by atoms with Crippen molar-refractivity contribution in [3.63, 3.8) is 0 Å². The summed E-state index contributed by atoms with van der Waals surface area (Å²) < 4.78 is 5.17. The van der Waals surface area contributed by atoms with Crippen molar-refractivity contribution in [2.45, 2.75) is 13.3 Å². The highest BCUT2D eigenvalue weighted by Crippen LogP contribution is 2.44. The van der Waals surface area contributed by atoms with E-state index < -0.39 is 0 Å². The summed E-state index contributed by atoms with van der Waals surface area (Å²) in [6, 6.07) is 0. The van der Waals surface area contributed by atoms with Crippen LogP contribution >= 0.6 is 0 Å². The van der Waals surface area contributed by atoms with Crippen molar-refractivity contribution >= 4 is 6.09 Å². The predicted molar refractivity (Wildman–Crippen MR) is 58.5 cm³/mol. The molecular formula is C12H17NO2. The van der Waals surface area contributed by atoms with Crippen LogP contribution in [-0.2, 0) is 4.74 Å². The molecule has 2 aliphatic carbocycles. The molecule has 1 fully saturated rings. The Labute approximate surface area is 90.4 Å². The molecule has 0 radical (unpaired) electrons. The Hall–Kier alpha value is -1.25. The molecule has 0 aromatic heterocycles. The van der Waals surface area contributed by atoms with Gasteiger partial charge in [0.05, 0.1) is 0 Å². The maximum atomic E-state index is 11.4. The molecule has 0 aromatic rings. The Morgan fingerprint density at radius 1 is 1.60 bits per heavy atom. The average molecular weight is 207 g/mol. The van der Waals surface area contributed by atoms with E-state index in [4.69, 9.17) is 4.74 Å². The van der Waals surface area contributed by atoms with Crippen LogP contribution in [0.2, 0.25) is 0 Å². The number of fused-ring (bicyclic) bond motifs is 1. The highest BCUT2D eigenvalue weighted by Gasteiger charge is 2.34. The van der Waals surface area contributed by atoms with Gasteiger partial charge in [-0.3, -0.25) is 0 Å². The zero-order chi connectivity index (χ0) is 10.8. The SMILES string of the molecule is CCN(C)C(=O)OCC1=CC2CC2C=C1. The van der Waals surface area contributed by atoms with Gasteiger partial charge in [0.1, 0.15) is 6.61 Å². The molecular weight excluding hydrogens is 190 g/mol. The summed E-state index contributed by atoms with van der Waals surface area (Å²) in [5.74, 6) is 1.48. The number of carbonyl (C=O) groups excluding carboxylic acids is 1. The van der Waals surface area contributed by atoms with Gasteiger partial charge in [0.25, 0.3) is 0 Å². The van der Waals surface area contributed by atoms with Gasteiger partial charge in [-0.05, 0) is 30.8 Å². The third-order valence-electron chi connectivity index (χ3n) is 3.03. The van der Waals surface area contributed by atoms with Crippen molar-refractivity contribution in [1.82, 2.24) is 4.90 Å². The molecule has 2 unspecified atom stereocenters. The van der Waals surface area contributed by atoms with E-state index in [2.05, 4.69) is 18.2 Å². The molecule has 0 N–H and O–H groups in total. The van der Waals surface area contributed by atoms with Gasteiger partial charge in [-0.2, -0.15) is 0 Å². The molecule has 2 rings (SSSR count). The minimum Gasteiger partial charge on any atom is -0.445 e. The first-order valence-electron chi connectivity index (χ1n) is 5.47. The fourth-order valence-corrected chi connectivity index (χ4v) is 1.71. The van der Waals surface area contributed by atoms with Crippen molar-refractivity contribution in [3.05, 3.63) is 23.8 Å². The van der Waals surface area contributed by atoms with Gasteiger partial charge in [0.2, 0.25) is 0 Å². The highest BCUT2D eigenvalue weighted by molar-refractivity contribution is 5.67. The van der Waals surface area contributed by atoms with E-state index in [0.29, 0.717) is 19.1 Å². The maximum absolute atomic E-state index is 11.4. The minimum atomic E-state index is -0.246. The van der Waals surface area contributed by atoms with Crippen molar-refractivity contribution in [2.24, 2.45) is 11.8 Å². The van der Waals surface area contributed by atoms with Crippen molar-refractivity contribution in [3.8, 4) is 0 Å². The third kappa shape index (κ3) is 2.41. The Bertz CT molecular complexity index is 320. The Morgan fingerprint density at radius 3 is 3.07 bits per heavy atom. The quantitative estimate of drug-likeness (QED) is 0.710. The molecule has 1 saturated carbocycles. The van der Waals surface area contributed by atoms with Crippen LogP contribution in [-0.4, -0.2) is 31.2 Å². The van der Waals surface area contributed by atoms with Gasteiger partial charge >= 0.3 is 6.09 Å². The van der Waals surface area contributed by atoms with Gasteiger partial charge in [0.15, 0.2) is 0 Å². The zero-order valence-electron chi connectivity index (χ0n) is 9.27. The fraction of sp³-hybridized carbons (Fsp3) is 0.583. The van der Waals surface area contributed by atoms with E-state index in [0.717, 1.165) is 11.5 Å². The number of ether oxygens (including phenoxy) is 1. The summed E-state index contributed by atoms with van der Waals surface area (Å²) in [5.41, 5.74) is 1.13. The minimum absolute atomic E-state index is 0.246. The number of rotatable bonds is 3. The maximum Gasteiger partial charge on any atom is 0.409 e. The van der Waals surface area contributed by atoms with E-state index in [1.165, 1.54) is 6.42 Å². The molecule has 2 atom stereocenters. The summed E-state index contributed by atoms with van der Waals surface area (Å²) in [6.45, 7) is 3.01. The summed E-state index contributed by atoms with van der Waals surface area (Å²) >= 11 is 0. The fourth-order valence-electron chi connectivity index (χ4n) is 1.71. The highest BCUT2D eigenvalue weighted by atomic mass is 16.6. The second kappa shape index (κ2) is 4.09. The molecule has 2 aliphatic rings. The van der Waals surface area contributed by atoms with Crippen LogP contribution in [0.1, 0.15) is 13.3 Å². The van der Waals surface area contributed by atoms with E-state index in [1.807, 2.05) is 6.92 Å². The summed E-state index contributed by atoms with van der Waals surface area (Å²) in [7, 11) is 1.74. The number of carbonyl (C=O) groups is 1. The summed E-state index contributed by atoms with van der Waals surface area (Å²) in [5, 5.41) is 0. The molecule has 0 spiro atoms. The van der Waals surface area contributed by atoms with Gasteiger partial charge in [-0.25, -0.2) is 4.79 Å². The van der Waals surface area contributed by atoms with Crippen LogP contribution in [0.4, 0.5) is 4.79 Å². The topological polar surface area (TPSA) is 29.5 Å². The Morgan fingerprint density at radius 2 is 2.40 bits per heavy atom. The van der Waals surface area contributed by atoms with E-state index >= 15 is 0 Å². The van der Waals surface area contributed by atoms with Crippen LogP contribution in [0.15, 0.2) is 23.8 Å². The lowest BCUT2D eigenvalue weighted by molar-refractivity contribution is 0.121. The molecule has 0 aromatic carbocycles. The zero-order valence-corrected chi connectivity index (χ0v) is 9.27. The number of allylic oxidation sites excluding steroid dienone is 2. The van der Waals surface area contributed by atoms with Crippen molar-refractivity contribution in [2.75, 3.05) is 20.2 Å². The summed E-state index contributed by atoms with van der Waals surface area (Å²) in [4.78, 5) is 12.9. The molecule has 0 saturated heterocycles. The Kier molecular flexibility index (Phi) is 2.80. The van der Waals surface area contributed by atoms with E-state index in [1.54, 1.807) is 11.9 Å². The third-order valence-corrected chi connectivity index (χ3v) is 3.03. The smallest absolute Gasteiger partial charge is 0.409 e. The number of amides is 1. The number of hydrogen-bond donors (Lipinski definition) is 0. The Balaban J connectivity index is 1.78. The van der Waals surface area contributed by atoms with Crippen LogP contribution in [0, 0.1) is 11.8 Å². The first-order chi connectivity index (χ1) is 7.20. The van der Waals surface area contributed by atoms with Gasteiger partial charge in [-0.1, -0.05) is 18.2 Å². The molecule has 15 heavy (non-hydrogen) atoms. The van der Waals surface area contributed by atoms with Crippen LogP contribution in [0.25, 0.3) is 0 Å². The van der Waals surface area contributed by atoms with Gasteiger partial charge < -0.3 is 9.64 Å². The lowest BCUT2D eigenvalue weighted by atomic mass is 10.1. The molecule has 1 amide bonds. The van der Waals surface area contributed by atoms with Crippen LogP contribution in [0.3, 0.4) is 0 Å². The number of hydrogen-bond acceptors (Lipinski definition) is 2. The van der Waals surface area contributed by atoms with Crippen molar-refractivity contribution < 1.29 is 9.53 Å². The molecule has 0 aliphatic heterocycles. The van der Waals surface area contributed by atoms with Crippen LogP contribution < -0.4 is 0 Å². The lowest BCUT2D eigenvalue weighted by Crippen LogP contribution is -2.27. The normalized spacial score (nSPS) is 26.7. The van der Waals surface area contributed by atoms with E-state index in [-0.39, 0.29) is 6.09 Å². The first kappa shape index (κ1) is 10.3.